The van der Waals surface area contributed by atoms with Gasteiger partial charge in [-0.25, -0.2) is 4.79 Å². The Balaban J connectivity index is 2.76. The van der Waals surface area contributed by atoms with E-state index in [1.54, 1.807) is 6.92 Å². The molecule has 1 rings (SSSR count). The van der Waals surface area contributed by atoms with Gasteiger partial charge in [-0.2, -0.15) is 5.10 Å². The third-order valence-electron chi connectivity index (χ3n) is 1.11. The van der Waals surface area contributed by atoms with Gasteiger partial charge < -0.3 is 10.5 Å². The summed E-state index contributed by atoms with van der Waals surface area (Å²) >= 11 is 0. The molecule has 5 nitrogen and oxygen atoms in total. The van der Waals surface area contributed by atoms with Crippen LogP contribution in [0, 0.1) is 0 Å². The van der Waals surface area contributed by atoms with Crippen LogP contribution < -0.4 is 5.73 Å². The van der Waals surface area contributed by atoms with Gasteiger partial charge in [0.2, 0.25) is 0 Å². The Labute approximate surface area is 63.7 Å². The summed E-state index contributed by atoms with van der Waals surface area (Å²) in [5, 5.41) is 3.65. The molecule has 0 radical (unpaired) electrons. The highest BCUT2D eigenvalue weighted by Crippen LogP contribution is 1.99. The quantitative estimate of drug-likeness (QED) is 0.640. The van der Waals surface area contributed by atoms with Gasteiger partial charge in [0.25, 0.3) is 0 Å². The first-order valence-corrected chi connectivity index (χ1v) is 3.22. The number of anilines is 1. The standard InChI is InChI=1S/C6H9N3O2/c1-2-11-6(10)9-5(7)3-4-8-9/h3-4H,2,7H2,1H3. The van der Waals surface area contributed by atoms with Crippen molar-refractivity contribution >= 4 is 11.9 Å². The van der Waals surface area contributed by atoms with Crippen LogP contribution in [0.5, 0.6) is 0 Å². The fourth-order valence-corrected chi connectivity index (χ4v) is 0.651. The highest BCUT2D eigenvalue weighted by molar-refractivity contribution is 5.72. The van der Waals surface area contributed by atoms with Gasteiger partial charge in [-0.15, -0.1) is 4.68 Å². The van der Waals surface area contributed by atoms with Gasteiger partial charge in [-0.3, -0.25) is 0 Å². The second-order valence-electron chi connectivity index (χ2n) is 1.87. The van der Waals surface area contributed by atoms with Crippen LogP contribution in [0.3, 0.4) is 0 Å². The van der Waals surface area contributed by atoms with E-state index in [2.05, 4.69) is 9.84 Å². The van der Waals surface area contributed by atoms with Gasteiger partial charge in [-0.05, 0) is 6.92 Å². The fraction of sp³-hybridized carbons (Fsp3) is 0.333. The van der Waals surface area contributed by atoms with E-state index < -0.39 is 6.09 Å². The van der Waals surface area contributed by atoms with Crippen LogP contribution in [0.4, 0.5) is 10.6 Å². The van der Waals surface area contributed by atoms with Crippen LogP contribution in [-0.2, 0) is 4.74 Å². The zero-order valence-corrected chi connectivity index (χ0v) is 6.15. The van der Waals surface area contributed by atoms with Crippen LogP contribution in [0.25, 0.3) is 0 Å². The summed E-state index contributed by atoms with van der Waals surface area (Å²) < 4.78 is 5.65. The molecule has 0 aliphatic heterocycles. The Morgan fingerprint density at radius 3 is 3.09 bits per heavy atom. The molecule has 5 heteroatoms. The molecule has 0 saturated carbocycles. The second-order valence-corrected chi connectivity index (χ2v) is 1.87. The van der Waals surface area contributed by atoms with Crippen LogP contribution in [0.1, 0.15) is 6.92 Å². The zero-order valence-electron chi connectivity index (χ0n) is 6.15. The Bertz CT molecular complexity index is 256. The largest absolute Gasteiger partial charge is 0.448 e. The average Bonchev–Trinajstić information content (AvgIpc) is 2.36. The SMILES string of the molecule is CCOC(=O)n1nccc1N. The normalized spacial score (nSPS) is 9.55. The summed E-state index contributed by atoms with van der Waals surface area (Å²) in [6.45, 7) is 2.04. The van der Waals surface area contributed by atoms with Crippen LogP contribution in [-0.4, -0.2) is 22.5 Å². The molecule has 0 aliphatic carbocycles. The summed E-state index contributed by atoms with van der Waals surface area (Å²) in [5.41, 5.74) is 5.37. The Kier molecular flexibility index (Phi) is 2.10. The molecular formula is C6H9N3O2. The number of nitrogen functional groups attached to an aromatic ring is 1. The Hall–Kier alpha value is -1.52. The summed E-state index contributed by atoms with van der Waals surface area (Å²) in [4.78, 5) is 10.9. The van der Waals surface area contributed by atoms with Gasteiger partial charge in [0.1, 0.15) is 5.82 Å². The molecule has 11 heavy (non-hydrogen) atoms. The summed E-state index contributed by atoms with van der Waals surface area (Å²) in [7, 11) is 0. The third-order valence-corrected chi connectivity index (χ3v) is 1.11. The second kappa shape index (κ2) is 3.05. The van der Waals surface area contributed by atoms with Gasteiger partial charge in [0.05, 0.1) is 12.8 Å². The molecule has 1 aromatic heterocycles. The predicted molar refractivity (Wildman–Crippen MR) is 39.1 cm³/mol. The lowest BCUT2D eigenvalue weighted by molar-refractivity contribution is 0.151. The van der Waals surface area contributed by atoms with Crippen molar-refractivity contribution in [3.05, 3.63) is 12.3 Å². The maximum atomic E-state index is 10.9. The first-order valence-electron chi connectivity index (χ1n) is 3.22. The van der Waals surface area contributed by atoms with Gasteiger partial charge in [-0.1, -0.05) is 0 Å². The molecule has 0 atom stereocenters. The van der Waals surface area contributed by atoms with E-state index in [0.717, 1.165) is 4.68 Å². The van der Waals surface area contributed by atoms with Gasteiger partial charge in [0.15, 0.2) is 0 Å². The van der Waals surface area contributed by atoms with Crippen LogP contribution >= 0.6 is 0 Å². The lowest BCUT2D eigenvalue weighted by Gasteiger charge is -2.01. The van der Waals surface area contributed by atoms with E-state index in [-0.39, 0.29) is 5.82 Å². The van der Waals surface area contributed by atoms with Crippen molar-refractivity contribution in [1.82, 2.24) is 9.78 Å². The molecule has 2 N–H and O–H groups in total. The van der Waals surface area contributed by atoms with Crippen LogP contribution in [0.2, 0.25) is 0 Å². The number of ether oxygens (including phenoxy) is 1. The van der Waals surface area contributed by atoms with Crippen LogP contribution in [0.15, 0.2) is 12.3 Å². The molecular weight excluding hydrogens is 146 g/mol. The maximum absolute atomic E-state index is 10.9. The minimum absolute atomic E-state index is 0.281. The first kappa shape index (κ1) is 7.59. The molecule has 0 aliphatic rings. The van der Waals surface area contributed by atoms with E-state index in [9.17, 15) is 4.79 Å². The van der Waals surface area contributed by atoms with Gasteiger partial charge >= 0.3 is 6.09 Å². The van der Waals surface area contributed by atoms with Crippen molar-refractivity contribution in [2.75, 3.05) is 12.3 Å². The van der Waals surface area contributed by atoms with E-state index in [1.807, 2.05) is 0 Å². The number of aromatic nitrogens is 2. The Morgan fingerprint density at radius 1 is 1.91 bits per heavy atom. The summed E-state index contributed by atoms with van der Waals surface area (Å²) in [6.07, 6.45) is 0.890. The fourth-order valence-electron chi connectivity index (χ4n) is 0.651. The van der Waals surface area contributed by atoms with E-state index in [4.69, 9.17) is 5.73 Å². The van der Waals surface area contributed by atoms with Crippen molar-refractivity contribution in [2.45, 2.75) is 6.92 Å². The molecule has 0 aromatic carbocycles. The van der Waals surface area contributed by atoms with E-state index in [0.29, 0.717) is 6.61 Å². The highest BCUT2D eigenvalue weighted by Gasteiger charge is 2.07. The molecule has 0 bridgehead atoms. The minimum Gasteiger partial charge on any atom is -0.448 e. The third kappa shape index (κ3) is 1.49. The summed E-state index contributed by atoms with van der Waals surface area (Å²) in [5.74, 6) is 0.281. The predicted octanol–water partition coefficient (Wildman–Crippen LogP) is 0.470. The van der Waals surface area contributed by atoms with Crippen molar-refractivity contribution in [3.63, 3.8) is 0 Å². The number of carbonyl (C=O) groups excluding carboxylic acids is 1. The van der Waals surface area contributed by atoms with Crippen molar-refractivity contribution in [3.8, 4) is 0 Å². The number of hydrogen-bond acceptors (Lipinski definition) is 4. The van der Waals surface area contributed by atoms with Crippen molar-refractivity contribution in [1.29, 1.82) is 0 Å². The number of carbonyl (C=O) groups is 1. The van der Waals surface area contributed by atoms with Crippen molar-refractivity contribution in [2.24, 2.45) is 0 Å². The highest BCUT2D eigenvalue weighted by atomic mass is 16.5. The topological polar surface area (TPSA) is 70.1 Å². The van der Waals surface area contributed by atoms with E-state index >= 15 is 0 Å². The molecule has 0 unspecified atom stereocenters. The molecule has 0 saturated heterocycles. The molecule has 60 valence electrons. The molecule has 1 heterocycles. The number of nitrogens with zero attached hydrogens (tertiary/aromatic N) is 2. The minimum atomic E-state index is -0.546. The zero-order chi connectivity index (χ0) is 8.27. The van der Waals surface area contributed by atoms with Gasteiger partial charge in [0, 0.05) is 6.07 Å². The lowest BCUT2D eigenvalue weighted by Crippen LogP contribution is -2.16. The van der Waals surface area contributed by atoms with E-state index in [1.165, 1.54) is 12.3 Å². The summed E-state index contributed by atoms with van der Waals surface area (Å²) in [6, 6.07) is 1.52. The molecule has 1 aromatic rings. The molecule has 0 spiro atoms. The molecule has 0 amide bonds. The monoisotopic (exact) mass is 155 g/mol. The van der Waals surface area contributed by atoms with Crippen molar-refractivity contribution < 1.29 is 9.53 Å². The Morgan fingerprint density at radius 2 is 2.64 bits per heavy atom. The lowest BCUT2D eigenvalue weighted by atomic mass is 10.7. The number of nitrogens with two attached hydrogens (primary N) is 1. The maximum Gasteiger partial charge on any atom is 0.436 e. The smallest absolute Gasteiger partial charge is 0.436 e. The first-order chi connectivity index (χ1) is 5.25. The molecule has 0 fully saturated rings. The average molecular weight is 155 g/mol. The number of rotatable bonds is 1. The number of hydrogen-bond donors (Lipinski definition) is 1.